The monoisotopic (exact) mass is 342 g/mol. The van der Waals surface area contributed by atoms with Gasteiger partial charge in [0.05, 0.1) is 0 Å². The first-order valence-corrected chi connectivity index (χ1v) is 8.56. The molecule has 25 heavy (non-hydrogen) atoms. The van der Waals surface area contributed by atoms with Gasteiger partial charge in [-0.05, 0) is 50.5 Å². The Morgan fingerprint density at radius 1 is 1.08 bits per heavy atom. The second-order valence-electron chi connectivity index (χ2n) is 6.16. The molecule has 1 amide bonds. The highest BCUT2D eigenvalue weighted by Crippen LogP contribution is 2.19. The molecule has 0 aliphatic heterocycles. The molecule has 1 aromatic heterocycles. The van der Waals surface area contributed by atoms with E-state index in [0.717, 1.165) is 35.3 Å². The Labute approximate surface area is 149 Å². The van der Waals surface area contributed by atoms with Crippen LogP contribution < -0.4 is 15.4 Å². The van der Waals surface area contributed by atoms with E-state index >= 15 is 0 Å². The standard InChI is InChI=1S/C19H26N4O2/c1-5-6-7-20-17(24)12-25-18-11-15(4)21-19(23-18)22-16-9-13(2)8-14(3)10-16/h8-11H,5-7,12H2,1-4H3,(H,20,24)(H,21,22,23). The first-order valence-electron chi connectivity index (χ1n) is 8.56. The van der Waals surface area contributed by atoms with Crippen molar-refractivity contribution in [1.82, 2.24) is 15.3 Å². The van der Waals surface area contributed by atoms with Crippen LogP contribution in [0.25, 0.3) is 0 Å². The largest absolute Gasteiger partial charge is 0.467 e. The summed E-state index contributed by atoms with van der Waals surface area (Å²) < 4.78 is 5.50. The summed E-state index contributed by atoms with van der Waals surface area (Å²) in [6.45, 7) is 8.64. The number of ether oxygens (including phenoxy) is 1. The zero-order chi connectivity index (χ0) is 18.2. The van der Waals surface area contributed by atoms with Crippen LogP contribution in [0, 0.1) is 20.8 Å². The molecule has 2 aromatic rings. The van der Waals surface area contributed by atoms with E-state index in [1.807, 2.05) is 32.9 Å². The van der Waals surface area contributed by atoms with Gasteiger partial charge >= 0.3 is 0 Å². The van der Waals surface area contributed by atoms with Crippen LogP contribution in [0.3, 0.4) is 0 Å². The van der Waals surface area contributed by atoms with Crippen LogP contribution in [0.15, 0.2) is 24.3 Å². The van der Waals surface area contributed by atoms with Gasteiger partial charge in [-0.3, -0.25) is 4.79 Å². The highest BCUT2D eigenvalue weighted by Gasteiger charge is 2.07. The number of carbonyl (C=O) groups is 1. The summed E-state index contributed by atoms with van der Waals surface area (Å²) >= 11 is 0. The van der Waals surface area contributed by atoms with E-state index < -0.39 is 0 Å². The van der Waals surface area contributed by atoms with Crippen molar-refractivity contribution < 1.29 is 9.53 Å². The van der Waals surface area contributed by atoms with E-state index in [2.05, 4.69) is 33.6 Å². The molecular weight excluding hydrogens is 316 g/mol. The molecule has 0 radical (unpaired) electrons. The minimum Gasteiger partial charge on any atom is -0.467 e. The molecule has 6 heteroatoms. The fourth-order valence-electron chi connectivity index (χ4n) is 2.44. The van der Waals surface area contributed by atoms with Gasteiger partial charge in [-0.25, -0.2) is 4.98 Å². The maximum Gasteiger partial charge on any atom is 0.258 e. The van der Waals surface area contributed by atoms with Crippen LogP contribution in [0.2, 0.25) is 0 Å². The van der Waals surface area contributed by atoms with Gasteiger partial charge in [-0.15, -0.1) is 0 Å². The highest BCUT2D eigenvalue weighted by molar-refractivity contribution is 5.77. The molecule has 1 heterocycles. The van der Waals surface area contributed by atoms with Crippen LogP contribution in [0.5, 0.6) is 5.88 Å². The van der Waals surface area contributed by atoms with Crippen molar-refractivity contribution in [3.05, 3.63) is 41.1 Å². The van der Waals surface area contributed by atoms with E-state index in [1.54, 1.807) is 6.07 Å². The van der Waals surface area contributed by atoms with Gasteiger partial charge in [-0.1, -0.05) is 19.4 Å². The first-order chi connectivity index (χ1) is 12.0. The third-order valence-corrected chi connectivity index (χ3v) is 3.51. The summed E-state index contributed by atoms with van der Waals surface area (Å²) in [5.74, 6) is 0.685. The van der Waals surface area contributed by atoms with Crippen molar-refractivity contribution in [2.75, 3.05) is 18.5 Å². The SMILES string of the molecule is CCCCNC(=O)COc1cc(C)nc(Nc2cc(C)cc(C)c2)n1. The quantitative estimate of drug-likeness (QED) is 0.719. The number of rotatable bonds is 8. The van der Waals surface area contributed by atoms with E-state index in [1.165, 1.54) is 0 Å². The van der Waals surface area contributed by atoms with Crippen molar-refractivity contribution in [1.29, 1.82) is 0 Å². The van der Waals surface area contributed by atoms with Gasteiger partial charge in [0, 0.05) is 24.0 Å². The lowest BCUT2D eigenvalue weighted by Crippen LogP contribution is -2.29. The number of aromatic nitrogens is 2. The number of hydrogen-bond donors (Lipinski definition) is 2. The van der Waals surface area contributed by atoms with Gasteiger partial charge in [0.2, 0.25) is 11.8 Å². The molecule has 0 aliphatic carbocycles. The molecule has 0 atom stereocenters. The summed E-state index contributed by atoms with van der Waals surface area (Å²) in [5.41, 5.74) is 4.01. The molecule has 0 aliphatic rings. The molecule has 134 valence electrons. The molecule has 0 saturated carbocycles. The van der Waals surface area contributed by atoms with Gasteiger partial charge in [0.25, 0.3) is 5.91 Å². The van der Waals surface area contributed by atoms with Gasteiger partial charge < -0.3 is 15.4 Å². The average molecular weight is 342 g/mol. The lowest BCUT2D eigenvalue weighted by molar-refractivity contribution is -0.123. The number of hydrogen-bond acceptors (Lipinski definition) is 5. The van der Waals surface area contributed by atoms with Crippen LogP contribution in [-0.2, 0) is 4.79 Å². The minimum absolute atomic E-state index is 0.0524. The Morgan fingerprint density at radius 2 is 1.80 bits per heavy atom. The Kier molecular flexibility index (Phi) is 6.74. The number of anilines is 2. The third-order valence-electron chi connectivity index (χ3n) is 3.51. The number of nitrogens with one attached hydrogen (secondary N) is 2. The zero-order valence-corrected chi connectivity index (χ0v) is 15.3. The van der Waals surface area contributed by atoms with Crippen LogP contribution in [0.1, 0.15) is 36.6 Å². The fourth-order valence-corrected chi connectivity index (χ4v) is 2.44. The Bertz CT molecular complexity index is 711. The Balaban J connectivity index is 2.00. The lowest BCUT2D eigenvalue weighted by atomic mass is 10.1. The van der Waals surface area contributed by atoms with Gasteiger partial charge in [-0.2, -0.15) is 4.98 Å². The maximum atomic E-state index is 11.7. The van der Waals surface area contributed by atoms with E-state index in [-0.39, 0.29) is 12.5 Å². The lowest BCUT2D eigenvalue weighted by Gasteiger charge is -2.10. The Morgan fingerprint density at radius 3 is 2.48 bits per heavy atom. The summed E-state index contributed by atoms with van der Waals surface area (Å²) in [6.07, 6.45) is 2.00. The minimum atomic E-state index is -0.145. The predicted octanol–water partition coefficient (Wildman–Crippen LogP) is 3.44. The average Bonchev–Trinajstić information content (AvgIpc) is 2.51. The Hall–Kier alpha value is -2.63. The summed E-state index contributed by atoms with van der Waals surface area (Å²) in [4.78, 5) is 20.4. The fraction of sp³-hybridized carbons (Fsp3) is 0.421. The third kappa shape index (κ3) is 6.41. The number of benzene rings is 1. The molecule has 0 unspecified atom stereocenters. The van der Waals surface area contributed by atoms with Crippen LogP contribution in [0.4, 0.5) is 11.6 Å². The predicted molar refractivity (Wildman–Crippen MR) is 99.4 cm³/mol. The number of aryl methyl sites for hydroxylation is 3. The number of nitrogens with zero attached hydrogens (tertiary/aromatic N) is 2. The van der Waals surface area contributed by atoms with Crippen molar-refractivity contribution >= 4 is 17.5 Å². The van der Waals surface area contributed by atoms with Crippen LogP contribution >= 0.6 is 0 Å². The molecule has 1 aromatic carbocycles. The van der Waals surface area contributed by atoms with Gasteiger partial charge in [0.15, 0.2) is 6.61 Å². The molecule has 0 spiro atoms. The first kappa shape index (κ1) is 18.7. The number of unbranched alkanes of at least 4 members (excludes halogenated alkanes) is 1. The number of amides is 1. The normalized spacial score (nSPS) is 10.4. The molecule has 0 fully saturated rings. The second-order valence-corrected chi connectivity index (χ2v) is 6.16. The van der Waals surface area contributed by atoms with Crippen molar-refractivity contribution in [2.45, 2.75) is 40.5 Å². The topological polar surface area (TPSA) is 76.1 Å². The molecule has 0 bridgehead atoms. The summed E-state index contributed by atoms with van der Waals surface area (Å²) in [7, 11) is 0. The van der Waals surface area contributed by atoms with Crippen molar-refractivity contribution in [3.8, 4) is 5.88 Å². The second kappa shape index (κ2) is 9.01. The smallest absolute Gasteiger partial charge is 0.258 e. The van der Waals surface area contributed by atoms with Gasteiger partial charge in [0.1, 0.15) is 0 Å². The molecule has 2 N–H and O–H groups in total. The maximum absolute atomic E-state index is 11.7. The summed E-state index contributed by atoms with van der Waals surface area (Å²) in [5, 5.41) is 6.01. The van der Waals surface area contributed by atoms with Crippen LogP contribution in [-0.4, -0.2) is 29.0 Å². The zero-order valence-electron chi connectivity index (χ0n) is 15.3. The van der Waals surface area contributed by atoms with E-state index in [9.17, 15) is 4.79 Å². The highest BCUT2D eigenvalue weighted by atomic mass is 16.5. The van der Waals surface area contributed by atoms with Crippen molar-refractivity contribution in [3.63, 3.8) is 0 Å². The molecular formula is C19H26N4O2. The molecule has 6 nitrogen and oxygen atoms in total. The number of carbonyl (C=O) groups excluding carboxylic acids is 1. The molecule has 0 saturated heterocycles. The molecule has 2 rings (SSSR count). The summed E-state index contributed by atoms with van der Waals surface area (Å²) in [6, 6.07) is 7.88. The van der Waals surface area contributed by atoms with Crippen molar-refractivity contribution in [2.24, 2.45) is 0 Å². The van der Waals surface area contributed by atoms with E-state index in [4.69, 9.17) is 4.74 Å². The van der Waals surface area contributed by atoms with E-state index in [0.29, 0.717) is 18.4 Å².